The monoisotopic (exact) mass is 530 g/mol. The second-order valence-electron chi connectivity index (χ2n) is 10.0. The van der Waals surface area contributed by atoms with Gasteiger partial charge in [-0.15, -0.1) is 0 Å². The van der Waals surface area contributed by atoms with Crippen LogP contribution in [-0.4, -0.2) is 84.7 Å². The fourth-order valence-electron chi connectivity index (χ4n) is 5.05. The minimum Gasteiger partial charge on any atom is -0.378 e. The van der Waals surface area contributed by atoms with E-state index >= 15 is 0 Å². The average molecular weight is 531 g/mol. The number of nitrogens with zero attached hydrogens (tertiary/aromatic N) is 3. The van der Waals surface area contributed by atoms with Crippen molar-refractivity contribution in [3.8, 4) is 0 Å². The zero-order chi connectivity index (χ0) is 26.4. The van der Waals surface area contributed by atoms with E-state index in [4.69, 9.17) is 16.3 Å². The number of morpholine rings is 1. The van der Waals surface area contributed by atoms with Crippen molar-refractivity contribution >= 4 is 23.5 Å². The fraction of sp³-hybridized carbons (Fsp3) is 0.500. The first-order valence-corrected chi connectivity index (χ1v) is 13.3. The largest absolute Gasteiger partial charge is 0.378 e. The molecular formula is C28H36ClFN4O3. The lowest BCUT2D eigenvalue weighted by molar-refractivity contribution is -0.137. The Morgan fingerprint density at radius 1 is 1.03 bits per heavy atom. The van der Waals surface area contributed by atoms with Crippen LogP contribution in [0.3, 0.4) is 0 Å². The molecule has 0 saturated carbocycles. The maximum absolute atomic E-state index is 13.6. The number of nitrogens with one attached hydrogen (secondary N) is 1. The number of hydrogen-bond acceptors (Lipinski definition) is 4. The predicted molar refractivity (Wildman–Crippen MR) is 142 cm³/mol. The fourth-order valence-corrected chi connectivity index (χ4v) is 5.18. The van der Waals surface area contributed by atoms with E-state index in [2.05, 4.69) is 24.1 Å². The van der Waals surface area contributed by atoms with Crippen LogP contribution in [0, 0.1) is 5.82 Å². The molecule has 3 atom stereocenters. The smallest absolute Gasteiger partial charge is 0.317 e. The van der Waals surface area contributed by atoms with Crippen molar-refractivity contribution in [3.63, 3.8) is 0 Å². The standard InChI is InChI=1S/C28H36ClFN4O3/c1-20-18-34(21(2)17-33(20)19-22-3-9-26(30)10-4-22)27(35)15-24(23-5-7-25(29)8-6-23)16-31-28(36)32-11-13-37-14-12-32/h3-10,20-21,24H,11-19H2,1-2H3,(H,31,36)/t20-,21+,24?/m1/s1. The molecule has 7 nitrogen and oxygen atoms in total. The highest BCUT2D eigenvalue weighted by molar-refractivity contribution is 6.30. The number of carbonyl (C=O) groups excluding carboxylic acids is 2. The van der Waals surface area contributed by atoms with Gasteiger partial charge in [-0.05, 0) is 49.2 Å². The third kappa shape index (κ3) is 7.43. The average Bonchev–Trinajstić information content (AvgIpc) is 2.90. The topological polar surface area (TPSA) is 65.1 Å². The Hall–Kier alpha value is -2.68. The van der Waals surface area contributed by atoms with Crippen molar-refractivity contribution in [1.82, 2.24) is 20.0 Å². The number of carbonyl (C=O) groups is 2. The molecule has 2 fully saturated rings. The van der Waals surface area contributed by atoms with E-state index in [-0.39, 0.29) is 35.8 Å². The van der Waals surface area contributed by atoms with Crippen LogP contribution in [0.1, 0.15) is 37.3 Å². The van der Waals surface area contributed by atoms with E-state index in [0.717, 1.165) is 24.2 Å². The van der Waals surface area contributed by atoms with E-state index in [9.17, 15) is 14.0 Å². The molecule has 0 spiro atoms. The van der Waals surface area contributed by atoms with Crippen LogP contribution in [0.25, 0.3) is 0 Å². The number of piperazine rings is 1. The Morgan fingerprint density at radius 2 is 1.70 bits per heavy atom. The molecule has 4 rings (SSSR count). The van der Waals surface area contributed by atoms with Crippen LogP contribution in [0.15, 0.2) is 48.5 Å². The summed E-state index contributed by atoms with van der Waals surface area (Å²) in [6.07, 6.45) is 0.292. The molecule has 2 aromatic rings. The normalized spacial score (nSPS) is 21.5. The number of benzene rings is 2. The molecule has 9 heteroatoms. The molecular weight excluding hydrogens is 495 g/mol. The second-order valence-corrected chi connectivity index (χ2v) is 10.5. The quantitative estimate of drug-likeness (QED) is 0.585. The molecule has 2 aliphatic rings. The molecule has 0 aromatic heterocycles. The number of rotatable bonds is 7. The first-order valence-electron chi connectivity index (χ1n) is 12.9. The predicted octanol–water partition coefficient (Wildman–Crippen LogP) is 4.12. The number of halogens is 2. The Bertz CT molecular complexity index is 1050. The van der Waals surface area contributed by atoms with Crippen molar-refractivity contribution in [2.24, 2.45) is 0 Å². The summed E-state index contributed by atoms with van der Waals surface area (Å²) in [5, 5.41) is 3.66. The summed E-state index contributed by atoms with van der Waals surface area (Å²) < 4.78 is 18.6. The van der Waals surface area contributed by atoms with Crippen LogP contribution in [0.5, 0.6) is 0 Å². The van der Waals surface area contributed by atoms with E-state index < -0.39 is 0 Å². The Morgan fingerprint density at radius 3 is 2.38 bits per heavy atom. The van der Waals surface area contributed by atoms with Crippen molar-refractivity contribution in [3.05, 3.63) is 70.5 Å². The Labute approximate surface area is 223 Å². The van der Waals surface area contributed by atoms with E-state index in [1.807, 2.05) is 41.3 Å². The molecule has 1 N–H and O–H groups in total. The third-order valence-corrected chi connectivity index (χ3v) is 7.55. The summed E-state index contributed by atoms with van der Waals surface area (Å²) in [7, 11) is 0. The van der Waals surface area contributed by atoms with Gasteiger partial charge >= 0.3 is 6.03 Å². The maximum atomic E-state index is 13.6. The number of amides is 3. The zero-order valence-corrected chi connectivity index (χ0v) is 22.3. The van der Waals surface area contributed by atoms with Gasteiger partial charge in [-0.3, -0.25) is 9.69 Å². The van der Waals surface area contributed by atoms with Crippen LogP contribution in [-0.2, 0) is 16.1 Å². The van der Waals surface area contributed by atoms with Crippen molar-refractivity contribution < 1.29 is 18.7 Å². The van der Waals surface area contributed by atoms with E-state index in [0.29, 0.717) is 50.8 Å². The molecule has 0 radical (unpaired) electrons. The minimum absolute atomic E-state index is 0.0398. The van der Waals surface area contributed by atoms with Crippen molar-refractivity contribution in [1.29, 1.82) is 0 Å². The number of ether oxygens (including phenoxy) is 1. The summed E-state index contributed by atoms with van der Waals surface area (Å²) >= 11 is 6.10. The van der Waals surface area contributed by atoms with Gasteiger partial charge in [0, 0.05) is 68.7 Å². The van der Waals surface area contributed by atoms with Gasteiger partial charge in [0.1, 0.15) is 5.82 Å². The first-order chi connectivity index (χ1) is 17.8. The highest BCUT2D eigenvalue weighted by Crippen LogP contribution is 2.25. The number of urea groups is 1. The maximum Gasteiger partial charge on any atom is 0.317 e. The molecule has 2 saturated heterocycles. The summed E-state index contributed by atoms with van der Waals surface area (Å²) in [5.74, 6) is -0.340. The lowest BCUT2D eigenvalue weighted by Crippen LogP contribution is -2.57. The molecule has 2 aliphatic heterocycles. The molecule has 1 unspecified atom stereocenters. The van der Waals surface area contributed by atoms with Gasteiger partial charge in [-0.2, -0.15) is 0 Å². The molecule has 200 valence electrons. The highest BCUT2D eigenvalue weighted by Gasteiger charge is 2.33. The molecule has 2 heterocycles. The van der Waals surface area contributed by atoms with Gasteiger partial charge < -0.3 is 19.9 Å². The molecule has 2 aromatic carbocycles. The highest BCUT2D eigenvalue weighted by atomic mass is 35.5. The SMILES string of the molecule is C[C@@H]1CN(C(=O)CC(CNC(=O)N2CCOCC2)c2ccc(Cl)cc2)[C@@H](C)CN1Cc1ccc(F)cc1. The van der Waals surface area contributed by atoms with Crippen LogP contribution >= 0.6 is 11.6 Å². The molecule has 37 heavy (non-hydrogen) atoms. The third-order valence-electron chi connectivity index (χ3n) is 7.29. The zero-order valence-electron chi connectivity index (χ0n) is 21.5. The van der Waals surface area contributed by atoms with Crippen LogP contribution in [0.2, 0.25) is 5.02 Å². The Balaban J connectivity index is 1.39. The Kier molecular flexibility index (Phi) is 9.40. The first kappa shape index (κ1) is 27.4. The minimum atomic E-state index is -0.239. The van der Waals surface area contributed by atoms with Crippen LogP contribution < -0.4 is 5.32 Å². The summed E-state index contributed by atoms with van der Waals surface area (Å²) in [6.45, 7) is 8.83. The van der Waals surface area contributed by atoms with Crippen molar-refractivity contribution in [2.45, 2.75) is 44.8 Å². The summed E-state index contributed by atoms with van der Waals surface area (Å²) in [5.41, 5.74) is 2.02. The van der Waals surface area contributed by atoms with Gasteiger partial charge in [0.05, 0.1) is 13.2 Å². The van der Waals surface area contributed by atoms with E-state index in [1.165, 1.54) is 12.1 Å². The van der Waals surface area contributed by atoms with Gasteiger partial charge in [0.25, 0.3) is 0 Å². The molecule has 0 bridgehead atoms. The molecule has 3 amide bonds. The van der Waals surface area contributed by atoms with E-state index in [1.54, 1.807) is 4.90 Å². The lowest BCUT2D eigenvalue weighted by atomic mass is 9.94. The van der Waals surface area contributed by atoms with Crippen LogP contribution in [0.4, 0.5) is 9.18 Å². The molecule has 0 aliphatic carbocycles. The van der Waals surface area contributed by atoms with Crippen molar-refractivity contribution in [2.75, 3.05) is 45.9 Å². The van der Waals surface area contributed by atoms with Gasteiger partial charge in [-0.25, -0.2) is 9.18 Å². The van der Waals surface area contributed by atoms with Gasteiger partial charge in [-0.1, -0.05) is 35.9 Å². The lowest BCUT2D eigenvalue weighted by Gasteiger charge is -2.44. The van der Waals surface area contributed by atoms with Gasteiger partial charge in [0.2, 0.25) is 5.91 Å². The summed E-state index contributed by atoms with van der Waals surface area (Å²) in [4.78, 5) is 32.3. The summed E-state index contributed by atoms with van der Waals surface area (Å²) in [6, 6.07) is 14.1. The second kappa shape index (κ2) is 12.7. The van der Waals surface area contributed by atoms with Gasteiger partial charge in [0.15, 0.2) is 0 Å². The number of hydrogen-bond donors (Lipinski definition) is 1.